The average molecular weight is 574 g/mol. The lowest BCUT2D eigenvalue weighted by Gasteiger charge is -2.47. The molecule has 3 amide bonds. The first-order chi connectivity index (χ1) is 19.1. The minimum atomic E-state index is -1.14. The Bertz CT molecular complexity index is 1230. The summed E-state index contributed by atoms with van der Waals surface area (Å²) in [6, 6.07) is -0.973. The quantitative estimate of drug-likeness (QED) is 0.268. The summed E-state index contributed by atoms with van der Waals surface area (Å²) in [5.74, 6) is -1.70. The number of carboxylic acid groups (broad SMARTS) is 1. The molecule has 1 aromatic rings. The summed E-state index contributed by atoms with van der Waals surface area (Å²) in [4.78, 5) is 55.3. The van der Waals surface area contributed by atoms with Crippen LogP contribution in [0.15, 0.2) is 16.9 Å². The zero-order valence-corrected chi connectivity index (χ0v) is 23.3. The molecule has 1 unspecified atom stereocenters. The van der Waals surface area contributed by atoms with Crippen molar-refractivity contribution in [3.8, 4) is 0 Å². The maximum atomic E-state index is 13.3. The number of amides is 3. The highest BCUT2D eigenvalue weighted by Gasteiger charge is 2.60. The van der Waals surface area contributed by atoms with E-state index in [1.807, 2.05) is 11.8 Å². The van der Waals surface area contributed by atoms with Crippen LogP contribution in [0.4, 0.5) is 0 Å². The molecule has 2 bridgehead atoms. The van der Waals surface area contributed by atoms with Gasteiger partial charge in [-0.25, -0.2) is 9.48 Å². The van der Waals surface area contributed by atoms with Gasteiger partial charge in [0.1, 0.15) is 18.6 Å². The van der Waals surface area contributed by atoms with Crippen molar-refractivity contribution in [1.82, 2.24) is 40.6 Å². The summed E-state index contributed by atoms with van der Waals surface area (Å²) >= 11 is 1.46. The molecule has 1 aromatic heterocycles. The maximum absolute atomic E-state index is 13.3. The summed E-state index contributed by atoms with van der Waals surface area (Å²) in [5, 5.41) is 27.0. The number of β-lactam (4-membered cyclic amide) rings is 1. The fourth-order valence-corrected chi connectivity index (χ4v) is 8.79. The van der Waals surface area contributed by atoms with Crippen molar-refractivity contribution in [2.75, 3.05) is 19.6 Å². The van der Waals surface area contributed by atoms with Crippen molar-refractivity contribution in [1.29, 1.82) is 0 Å². The van der Waals surface area contributed by atoms with E-state index in [1.54, 1.807) is 6.92 Å². The van der Waals surface area contributed by atoms with Crippen LogP contribution in [-0.4, -0.2) is 108 Å². The molecule has 1 saturated carbocycles. The highest BCUT2D eigenvalue weighted by Crippen LogP contribution is 2.52. The molecular formula is C25H35N9O5S. The van der Waals surface area contributed by atoms with Gasteiger partial charge in [-0.05, 0) is 48.4 Å². The number of thioether (sulfide) groups is 1. The molecule has 5 N–H and O–H groups in total. The Hall–Kier alpha value is -3.04. The van der Waals surface area contributed by atoms with E-state index in [1.165, 1.54) is 27.7 Å². The first-order valence-electron chi connectivity index (χ1n) is 13.9. The number of hydrogen-bond acceptors (Lipinski definition) is 10. The van der Waals surface area contributed by atoms with E-state index in [0.717, 1.165) is 12.8 Å². The number of nitrogens with zero attached hydrogens (tertiary/aromatic N) is 6. The normalized spacial score (nSPS) is 35.5. The third-order valence-electron chi connectivity index (χ3n) is 9.32. The van der Waals surface area contributed by atoms with E-state index in [9.17, 15) is 24.3 Å². The van der Waals surface area contributed by atoms with Crippen molar-refractivity contribution in [2.24, 2.45) is 29.4 Å². The van der Waals surface area contributed by atoms with Crippen LogP contribution < -0.4 is 16.4 Å². The Balaban J connectivity index is 1.09. The second-order valence-electron chi connectivity index (χ2n) is 11.7. The standard InChI is InChI=1S/C25H35N9O5S/c1-11-20-18(12(2)29-17(35)9-33-10-28-30-31-33)24(37)34(20)21(25(38)39)22(11)40-15-5-16(27-6-15)23(36)32-7-13-3-4-14(8-32)19(13)26/h10-16,18-20,27H,3-9,26H2,1-2H3,(H,29,35)(H,38,39)/t11-,12-,13-,14+,15+,16+,18-,19?,20-/m1/s1. The highest BCUT2D eigenvalue weighted by molar-refractivity contribution is 8.03. The van der Waals surface area contributed by atoms with E-state index >= 15 is 0 Å². The van der Waals surface area contributed by atoms with Crippen molar-refractivity contribution < 1.29 is 24.3 Å². The van der Waals surface area contributed by atoms with Gasteiger partial charge < -0.3 is 31.3 Å². The number of likely N-dealkylation sites (tertiary alicyclic amines) is 1. The molecule has 0 aromatic carbocycles. The van der Waals surface area contributed by atoms with Gasteiger partial charge in [0.05, 0.1) is 18.0 Å². The summed E-state index contributed by atoms with van der Waals surface area (Å²) < 4.78 is 1.28. The lowest BCUT2D eigenvalue weighted by atomic mass is 9.78. The predicted molar refractivity (Wildman–Crippen MR) is 142 cm³/mol. The molecule has 15 heteroatoms. The number of fused-ring (bicyclic) bond motifs is 3. The van der Waals surface area contributed by atoms with Crippen LogP contribution in [0.3, 0.4) is 0 Å². The first kappa shape index (κ1) is 27.1. The number of piperidine rings is 1. The predicted octanol–water partition coefficient (Wildman–Crippen LogP) is -1.39. The number of rotatable bonds is 8. The first-order valence-corrected chi connectivity index (χ1v) is 14.8. The van der Waals surface area contributed by atoms with Crippen molar-refractivity contribution in [2.45, 2.75) is 69.1 Å². The molecule has 4 fully saturated rings. The van der Waals surface area contributed by atoms with Gasteiger partial charge in [0.2, 0.25) is 17.7 Å². The van der Waals surface area contributed by atoms with E-state index < -0.39 is 17.9 Å². The molecule has 0 radical (unpaired) electrons. The zero-order chi connectivity index (χ0) is 28.3. The average Bonchev–Trinajstić information content (AvgIpc) is 3.66. The minimum Gasteiger partial charge on any atom is -0.477 e. The molecule has 3 saturated heterocycles. The molecule has 4 aliphatic heterocycles. The van der Waals surface area contributed by atoms with Crippen molar-refractivity contribution in [3.05, 3.63) is 16.9 Å². The number of carbonyl (C=O) groups is 4. The second-order valence-corrected chi connectivity index (χ2v) is 13.1. The lowest BCUT2D eigenvalue weighted by molar-refractivity contribution is -0.158. The number of nitrogens with one attached hydrogen (secondary N) is 2. The molecule has 0 spiro atoms. The number of aromatic nitrogens is 4. The van der Waals surface area contributed by atoms with Crippen LogP contribution in [0.25, 0.3) is 0 Å². The number of tetrazole rings is 1. The van der Waals surface area contributed by atoms with Gasteiger partial charge in [-0.2, -0.15) is 0 Å². The van der Waals surface area contributed by atoms with Gasteiger partial charge in [0, 0.05) is 47.8 Å². The van der Waals surface area contributed by atoms with Crippen LogP contribution in [0.2, 0.25) is 0 Å². The Morgan fingerprint density at radius 1 is 1.27 bits per heavy atom. The van der Waals surface area contributed by atoms with E-state index in [4.69, 9.17) is 5.73 Å². The third kappa shape index (κ3) is 4.57. The molecule has 1 aliphatic carbocycles. The summed E-state index contributed by atoms with van der Waals surface area (Å²) in [6.45, 7) is 5.61. The summed E-state index contributed by atoms with van der Waals surface area (Å²) in [6.07, 6.45) is 4.08. The van der Waals surface area contributed by atoms with Crippen LogP contribution in [0.5, 0.6) is 0 Å². The number of carbonyl (C=O) groups excluding carboxylic acids is 3. The van der Waals surface area contributed by atoms with Crippen LogP contribution >= 0.6 is 11.8 Å². The van der Waals surface area contributed by atoms with E-state index in [-0.39, 0.29) is 59.3 Å². The van der Waals surface area contributed by atoms with E-state index in [0.29, 0.717) is 42.8 Å². The van der Waals surface area contributed by atoms with Crippen molar-refractivity contribution in [3.63, 3.8) is 0 Å². The van der Waals surface area contributed by atoms with Gasteiger partial charge in [-0.15, -0.1) is 16.9 Å². The molecule has 5 heterocycles. The van der Waals surface area contributed by atoms with Crippen LogP contribution in [0.1, 0.15) is 33.1 Å². The topological polar surface area (TPSA) is 189 Å². The molecule has 40 heavy (non-hydrogen) atoms. The fraction of sp³-hybridized carbons (Fsp3) is 0.720. The smallest absolute Gasteiger partial charge is 0.353 e. The SMILES string of the molecule is C[C@@H](NC(=O)Cn1cnnn1)[C@H]1C(=O)N2C(C(=O)O)=C(S[C@@H]3CN[C@H](C(=O)N4C[C@H]5CC[C@@H](C4)C5N)C3)[C@H](C)[C@H]12. The van der Waals surface area contributed by atoms with Gasteiger partial charge in [-0.3, -0.25) is 14.4 Å². The lowest BCUT2D eigenvalue weighted by Crippen LogP contribution is -2.66. The van der Waals surface area contributed by atoms with Gasteiger partial charge in [0.25, 0.3) is 0 Å². The summed E-state index contributed by atoms with van der Waals surface area (Å²) in [5.41, 5.74) is 6.33. The largest absolute Gasteiger partial charge is 0.477 e. The molecule has 6 rings (SSSR count). The Labute approximate surface area is 235 Å². The Kier molecular flexibility index (Phi) is 7.07. The molecule has 9 atom stereocenters. The van der Waals surface area contributed by atoms with Gasteiger partial charge in [-0.1, -0.05) is 6.92 Å². The fourth-order valence-electron chi connectivity index (χ4n) is 7.31. The number of carboxylic acids is 1. The third-order valence-corrected chi connectivity index (χ3v) is 10.8. The number of aliphatic carboxylic acids is 1. The molecular weight excluding hydrogens is 538 g/mol. The van der Waals surface area contributed by atoms with Crippen molar-refractivity contribution >= 4 is 35.5 Å². The Morgan fingerprint density at radius 3 is 2.65 bits per heavy atom. The number of hydrogen-bond donors (Lipinski definition) is 4. The van der Waals surface area contributed by atoms with Gasteiger partial charge in [0.15, 0.2) is 0 Å². The highest BCUT2D eigenvalue weighted by atomic mass is 32.2. The molecule has 5 aliphatic rings. The monoisotopic (exact) mass is 573 g/mol. The minimum absolute atomic E-state index is 0.00480. The summed E-state index contributed by atoms with van der Waals surface area (Å²) in [7, 11) is 0. The number of nitrogens with two attached hydrogens (primary N) is 1. The van der Waals surface area contributed by atoms with Crippen LogP contribution in [-0.2, 0) is 25.7 Å². The maximum Gasteiger partial charge on any atom is 0.353 e. The molecule has 14 nitrogen and oxygen atoms in total. The second kappa shape index (κ2) is 10.4. The van der Waals surface area contributed by atoms with Gasteiger partial charge >= 0.3 is 5.97 Å². The Morgan fingerprint density at radius 2 is 2.00 bits per heavy atom. The van der Waals surface area contributed by atoms with E-state index in [2.05, 4.69) is 26.2 Å². The zero-order valence-electron chi connectivity index (χ0n) is 22.5. The van der Waals surface area contributed by atoms with Crippen LogP contribution in [0, 0.1) is 23.7 Å². The molecule has 216 valence electrons.